The van der Waals surface area contributed by atoms with Crippen LogP contribution in [0.15, 0.2) is 24.3 Å². The first kappa shape index (κ1) is 17.2. The third kappa shape index (κ3) is 3.57. The Morgan fingerprint density at radius 1 is 1.21 bits per heavy atom. The van der Waals surface area contributed by atoms with Gasteiger partial charge in [-0.2, -0.15) is 0 Å². The van der Waals surface area contributed by atoms with Crippen molar-refractivity contribution < 1.29 is 9.53 Å². The molecule has 2 heterocycles. The van der Waals surface area contributed by atoms with Crippen molar-refractivity contribution in [2.75, 3.05) is 41.3 Å². The van der Waals surface area contributed by atoms with Crippen LogP contribution >= 0.6 is 0 Å². The molecule has 24 heavy (non-hydrogen) atoms. The molecule has 2 saturated heterocycles. The Balaban J connectivity index is 1.73. The molecule has 3 atom stereocenters. The van der Waals surface area contributed by atoms with Gasteiger partial charge in [0.2, 0.25) is 0 Å². The fraction of sp³-hybridized carbons (Fsp3) is 0.632. The number of hydrogen-bond donors (Lipinski definition) is 0. The summed E-state index contributed by atoms with van der Waals surface area (Å²) >= 11 is 0. The third-order valence-electron chi connectivity index (χ3n) is 5.54. The van der Waals surface area contributed by atoms with Crippen LogP contribution in [-0.4, -0.2) is 68.1 Å². The summed E-state index contributed by atoms with van der Waals surface area (Å²) in [5, 5.41) is 0. The molecule has 0 saturated carbocycles. The van der Waals surface area contributed by atoms with E-state index in [1.54, 1.807) is 14.1 Å². The molecule has 2 aliphatic rings. The second-order valence-electron chi connectivity index (χ2n) is 7.47. The molecule has 0 radical (unpaired) electrons. The Morgan fingerprint density at radius 3 is 2.75 bits per heavy atom. The van der Waals surface area contributed by atoms with E-state index in [4.69, 9.17) is 4.74 Å². The lowest BCUT2D eigenvalue weighted by Crippen LogP contribution is -2.52. The number of rotatable bonds is 2. The third-order valence-corrected chi connectivity index (χ3v) is 5.54. The molecule has 0 bridgehead atoms. The molecular weight excluding hydrogens is 302 g/mol. The van der Waals surface area contributed by atoms with E-state index in [1.807, 2.05) is 18.2 Å². The zero-order valence-corrected chi connectivity index (χ0v) is 15.2. The first-order valence-corrected chi connectivity index (χ1v) is 8.85. The molecule has 132 valence electrons. The Bertz CT molecular complexity index is 590. The van der Waals surface area contributed by atoms with E-state index in [1.165, 1.54) is 36.4 Å². The van der Waals surface area contributed by atoms with Crippen molar-refractivity contribution in [3.63, 3.8) is 0 Å². The van der Waals surface area contributed by atoms with Crippen molar-refractivity contribution in [1.29, 1.82) is 0 Å². The lowest BCUT2D eigenvalue weighted by molar-refractivity contribution is 0.0119. The molecule has 1 amide bonds. The van der Waals surface area contributed by atoms with Gasteiger partial charge in [-0.05, 0) is 63.5 Å². The number of amides is 1. The summed E-state index contributed by atoms with van der Waals surface area (Å²) in [6.07, 6.45) is 3.34. The molecule has 3 unspecified atom stereocenters. The summed E-state index contributed by atoms with van der Waals surface area (Å²) in [4.78, 5) is 18.2. The monoisotopic (exact) mass is 331 g/mol. The molecule has 0 aromatic heterocycles. The van der Waals surface area contributed by atoms with Gasteiger partial charge in [-0.15, -0.1) is 0 Å². The molecule has 0 N–H and O–H groups in total. The first-order valence-electron chi connectivity index (χ1n) is 8.85. The van der Waals surface area contributed by atoms with E-state index in [0.717, 1.165) is 12.3 Å². The largest absolute Gasteiger partial charge is 0.414 e. The molecule has 3 rings (SSSR count). The van der Waals surface area contributed by atoms with Crippen molar-refractivity contribution >= 4 is 6.09 Å². The van der Waals surface area contributed by atoms with E-state index >= 15 is 0 Å². The summed E-state index contributed by atoms with van der Waals surface area (Å²) in [6.45, 7) is 2.39. The van der Waals surface area contributed by atoms with Crippen LogP contribution in [0.2, 0.25) is 0 Å². The summed E-state index contributed by atoms with van der Waals surface area (Å²) < 4.78 is 5.43. The lowest BCUT2D eigenvalue weighted by Gasteiger charge is -2.49. The number of ether oxygens (including phenoxy) is 1. The highest BCUT2D eigenvalue weighted by Gasteiger charge is 2.38. The van der Waals surface area contributed by atoms with Gasteiger partial charge in [0, 0.05) is 32.7 Å². The van der Waals surface area contributed by atoms with E-state index in [-0.39, 0.29) is 6.09 Å². The highest BCUT2D eigenvalue weighted by atomic mass is 16.6. The van der Waals surface area contributed by atoms with E-state index in [2.05, 4.69) is 30.0 Å². The number of piperidine rings is 2. The summed E-state index contributed by atoms with van der Waals surface area (Å²) in [7, 11) is 7.87. The Hall–Kier alpha value is -1.59. The Morgan fingerprint density at radius 2 is 2.00 bits per heavy atom. The number of likely N-dealkylation sites (tertiary alicyclic amines) is 2. The number of fused-ring (bicyclic) bond motifs is 1. The van der Waals surface area contributed by atoms with Crippen molar-refractivity contribution in [1.82, 2.24) is 14.7 Å². The normalized spacial score (nSPS) is 28.2. The lowest BCUT2D eigenvalue weighted by atomic mass is 9.80. The average molecular weight is 331 g/mol. The minimum absolute atomic E-state index is 0.334. The van der Waals surface area contributed by atoms with Crippen LogP contribution in [0.4, 0.5) is 4.79 Å². The molecule has 1 aromatic carbocycles. The van der Waals surface area contributed by atoms with Gasteiger partial charge in [-0.3, -0.25) is 4.90 Å². The maximum absolute atomic E-state index is 11.8. The van der Waals surface area contributed by atoms with Gasteiger partial charge in [0.25, 0.3) is 0 Å². The van der Waals surface area contributed by atoms with Crippen molar-refractivity contribution in [2.45, 2.75) is 31.3 Å². The van der Waals surface area contributed by atoms with Gasteiger partial charge in [0.05, 0.1) is 0 Å². The second-order valence-corrected chi connectivity index (χ2v) is 7.47. The Labute approximate surface area is 145 Å². The van der Waals surface area contributed by atoms with Crippen LogP contribution in [0.3, 0.4) is 0 Å². The quantitative estimate of drug-likeness (QED) is 0.835. The van der Waals surface area contributed by atoms with Crippen molar-refractivity contribution in [2.24, 2.45) is 5.92 Å². The van der Waals surface area contributed by atoms with Crippen LogP contribution in [0.5, 0.6) is 5.75 Å². The fourth-order valence-electron chi connectivity index (χ4n) is 4.21. The van der Waals surface area contributed by atoms with Gasteiger partial charge in [0.15, 0.2) is 0 Å². The SMILES string of the molecule is CN1CCC2C(CCC(c3cccc(OC(=O)N(C)C)c3)N2C)C1. The standard InChI is InChI=1S/C19H29N3O2/c1-20(2)19(23)24-16-7-5-6-14(12-16)17-9-8-15-13-21(3)11-10-18(15)22(17)4/h5-7,12,15,17-18H,8-11,13H2,1-4H3. The van der Waals surface area contributed by atoms with Crippen molar-refractivity contribution in [3.8, 4) is 5.75 Å². The van der Waals surface area contributed by atoms with Gasteiger partial charge >= 0.3 is 6.09 Å². The smallest absolute Gasteiger partial charge is 0.410 e. The summed E-state index contributed by atoms with van der Waals surface area (Å²) in [6, 6.07) is 9.09. The second kappa shape index (κ2) is 7.11. The minimum atomic E-state index is -0.334. The van der Waals surface area contributed by atoms with E-state index < -0.39 is 0 Å². The zero-order chi connectivity index (χ0) is 17.3. The minimum Gasteiger partial charge on any atom is -0.410 e. The molecule has 1 aromatic rings. The van der Waals surface area contributed by atoms with Crippen LogP contribution < -0.4 is 4.74 Å². The van der Waals surface area contributed by atoms with Crippen LogP contribution in [0, 0.1) is 5.92 Å². The van der Waals surface area contributed by atoms with E-state index in [0.29, 0.717) is 17.8 Å². The van der Waals surface area contributed by atoms with Crippen LogP contribution in [0.25, 0.3) is 0 Å². The number of benzene rings is 1. The maximum Gasteiger partial charge on any atom is 0.414 e. The number of carbonyl (C=O) groups is 1. The highest BCUT2D eigenvalue weighted by molar-refractivity contribution is 5.70. The summed E-state index contributed by atoms with van der Waals surface area (Å²) in [5.74, 6) is 1.41. The average Bonchev–Trinajstić information content (AvgIpc) is 2.55. The Kier molecular flexibility index (Phi) is 5.11. The number of carbonyl (C=O) groups excluding carboxylic acids is 1. The van der Waals surface area contributed by atoms with E-state index in [9.17, 15) is 4.79 Å². The highest BCUT2D eigenvalue weighted by Crippen LogP contribution is 2.40. The predicted octanol–water partition coefficient (Wildman–Crippen LogP) is 2.83. The van der Waals surface area contributed by atoms with Crippen molar-refractivity contribution in [3.05, 3.63) is 29.8 Å². The fourth-order valence-corrected chi connectivity index (χ4v) is 4.21. The molecular formula is C19H29N3O2. The first-order chi connectivity index (χ1) is 11.5. The van der Waals surface area contributed by atoms with Gasteiger partial charge in [-0.1, -0.05) is 12.1 Å². The van der Waals surface area contributed by atoms with Gasteiger partial charge in [0.1, 0.15) is 5.75 Å². The summed E-state index contributed by atoms with van der Waals surface area (Å²) in [5.41, 5.74) is 1.25. The zero-order valence-electron chi connectivity index (χ0n) is 15.2. The number of hydrogen-bond acceptors (Lipinski definition) is 4. The number of nitrogens with zero attached hydrogens (tertiary/aromatic N) is 3. The van der Waals surface area contributed by atoms with Crippen LogP contribution in [0.1, 0.15) is 30.9 Å². The van der Waals surface area contributed by atoms with Gasteiger partial charge in [-0.25, -0.2) is 4.79 Å². The molecule has 2 fully saturated rings. The predicted molar refractivity (Wildman–Crippen MR) is 95.3 cm³/mol. The van der Waals surface area contributed by atoms with Gasteiger partial charge < -0.3 is 14.5 Å². The molecule has 5 heteroatoms. The molecule has 5 nitrogen and oxygen atoms in total. The molecule has 2 aliphatic heterocycles. The molecule has 0 spiro atoms. The topological polar surface area (TPSA) is 36.0 Å². The maximum atomic E-state index is 11.8. The molecule has 0 aliphatic carbocycles. The van der Waals surface area contributed by atoms with Crippen LogP contribution in [-0.2, 0) is 0 Å².